The van der Waals surface area contributed by atoms with Gasteiger partial charge in [-0.05, 0) is 43.4 Å². The molecule has 1 heterocycles. The molecule has 5 nitrogen and oxygen atoms in total. The molecule has 2 aromatic carbocycles. The number of rotatable bonds is 9. The van der Waals surface area contributed by atoms with Gasteiger partial charge in [-0.2, -0.15) is 11.8 Å². The highest BCUT2D eigenvalue weighted by Gasteiger charge is 2.31. The smallest absolute Gasteiger partial charge is 0.223 e. The van der Waals surface area contributed by atoms with Crippen LogP contribution in [0, 0.1) is 19.8 Å². The van der Waals surface area contributed by atoms with Crippen molar-refractivity contribution < 1.29 is 13.2 Å². The maximum Gasteiger partial charge on any atom is 0.223 e. The Hall–Kier alpha value is -1.83. The van der Waals surface area contributed by atoms with E-state index in [-0.39, 0.29) is 17.6 Å². The van der Waals surface area contributed by atoms with E-state index in [1.165, 1.54) is 11.1 Å². The van der Waals surface area contributed by atoms with E-state index in [2.05, 4.69) is 36.5 Å². The summed E-state index contributed by atoms with van der Waals surface area (Å²) < 4.78 is 27.1. The minimum absolute atomic E-state index is 0.0226. The van der Waals surface area contributed by atoms with E-state index in [0.717, 1.165) is 22.6 Å². The maximum absolute atomic E-state index is 12.8. The molecule has 0 aromatic heterocycles. The average Bonchev–Trinajstić information content (AvgIpc) is 2.76. The molecule has 1 amide bonds. The third-order valence-electron chi connectivity index (χ3n) is 5.75. The number of hydrogen-bond acceptors (Lipinski definition) is 4. The molecule has 1 aliphatic rings. The molecule has 0 spiro atoms. The Balaban J connectivity index is 1.37. The molecule has 0 bridgehead atoms. The standard InChI is InChI=1S/C24H32N2O3S2/c1-19-7-9-21(10-8-19)17-30-16-13-25-24(27)22-11-14-26(15-12-22)31(28,29)18-23-6-4-3-5-20(23)2/h3-10,22H,11-18H2,1-2H3,(H,25,27). The number of nitrogens with one attached hydrogen (secondary N) is 1. The van der Waals surface area contributed by atoms with Crippen molar-refractivity contribution in [2.24, 2.45) is 5.92 Å². The van der Waals surface area contributed by atoms with Crippen LogP contribution < -0.4 is 5.32 Å². The zero-order chi connectivity index (χ0) is 22.3. The Kier molecular flexibility index (Phi) is 8.58. The van der Waals surface area contributed by atoms with E-state index >= 15 is 0 Å². The van der Waals surface area contributed by atoms with Crippen molar-refractivity contribution in [1.82, 2.24) is 9.62 Å². The first-order valence-electron chi connectivity index (χ1n) is 10.8. The third-order valence-corrected chi connectivity index (χ3v) is 8.61. The second-order valence-electron chi connectivity index (χ2n) is 8.19. The van der Waals surface area contributed by atoms with Crippen LogP contribution in [0.4, 0.5) is 0 Å². The number of aryl methyl sites for hydroxylation is 2. The van der Waals surface area contributed by atoms with Crippen LogP contribution in [0.2, 0.25) is 0 Å². The lowest BCUT2D eigenvalue weighted by Crippen LogP contribution is -2.43. The summed E-state index contributed by atoms with van der Waals surface area (Å²) in [6.45, 7) is 5.47. The van der Waals surface area contributed by atoms with Crippen LogP contribution in [0.15, 0.2) is 48.5 Å². The molecule has 1 N–H and O–H groups in total. The van der Waals surface area contributed by atoms with Crippen LogP contribution in [-0.4, -0.2) is 44.0 Å². The maximum atomic E-state index is 12.8. The van der Waals surface area contributed by atoms with Crippen LogP contribution in [0.5, 0.6) is 0 Å². The molecule has 0 saturated carbocycles. The van der Waals surface area contributed by atoms with Gasteiger partial charge in [0.15, 0.2) is 0 Å². The molecular formula is C24H32N2O3S2. The van der Waals surface area contributed by atoms with Crippen molar-refractivity contribution in [1.29, 1.82) is 0 Å². The quantitative estimate of drug-likeness (QED) is 0.577. The first kappa shape index (κ1) is 23.8. The molecule has 1 saturated heterocycles. The summed E-state index contributed by atoms with van der Waals surface area (Å²) in [5, 5.41) is 3.02. The Morgan fingerprint density at radius 1 is 1.06 bits per heavy atom. The second-order valence-corrected chi connectivity index (χ2v) is 11.3. The lowest BCUT2D eigenvalue weighted by molar-refractivity contribution is -0.125. The zero-order valence-electron chi connectivity index (χ0n) is 18.3. The fourth-order valence-corrected chi connectivity index (χ4v) is 6.21. The fraction of sp³-hybridized carbons (Fsp3) is 0.458. The van der Waals surface area contributed by atoms with Crippen molar-refractivity contribution in [3.63, 3.8) is 0 Å². The Labute approximate surface area is 190 Å². The van der Waals surface area contributed by atoms with E-state index in [1.807, 2.05) is 31.2 Å². The Morgan fingerprint density at radius 3 is 2.42 bits per heavy atom. The van der Waals surface area contributed by atoms with Gasteiger partial charge in [0.2, 0.25) is 15.9 Å². The molecule has 0 unspecified atom stereocenters. The van der Waals surface area contributed by atoms with Crippen LogP contribution in [-0.2, 0) is 26.3 Å². The first-order chi connectivity index (χ1) is 14.8. The van der Waals surface area contributed by atoms with E-state index in [9.17, 15) is 13.2 Å². The predicted octanol–water partition coefficient (Wildman–Crippen LogP) is 3.89. The largest absolute Gasteiger partial charge is 0.355 e. The second kappa shape index (κ2) is 11.2. The van der Waals surface area contributed by atoms with Gasteiger partial charge in [0.25, 0.3) is 0 Å². The molecule has 7 heteroatoms. The van der Waals surface area contributed by atoms with Gasteiger partial charge in [-0.25, -0.2) is 12.7 Å². The van der Waals surface area contributed by atoms with Gasteiger partial charge in [0.05, 0.1) is 5.75 Å². The van der Waals surface area contributed by atoms with Crippen molar-refractivity contribution >= 4 is 27.7 Å². The summed E-state index contributed by atoms with van der Waals surface area (Å²) in [4.78, 5) is 12.5. The number of piperidine rings is 1. The Bertz CT molecular complexity index is 967. The first-order valence-corrected chi connectivity index (χ1v) is 13.5. The Morgan fingerprint density at radius 2 is 1.74 bits per heavy atom. The number of hydrogen-bond donors (Lipinski definition) is 1. The van der Waals surface area contributed by atoms with Gasteiger partial charge in [-0.1, -0.05) is 54.1 Å². The molecule has 0 aliphatic carbocycles. The number of nitrogens with zero attached hydrogens (tertiary/aromatic N) is 1. The minimum Gasteiger partial charge on any atom is -0.355 e. The van der Waals surface area contributed by atoms with Gasteiger partial charge in [-0.3, -0.25) is 4.79 Å². The molecule has 0 radical (unpaired) electrons. The summed E-state index contributed by atoms with van der Waals surface area (Å²) in [7, 11) is -3.36. The van der Waals surface area contributed by atoms with Crippen molar-refractivity contribution in [3.8, 4) is 0 Å². The number of amides is 1. The van der Waals surface area contributed by atoms with Gasteiger partial charge < -0.3 is 5.32 Å². The molecule has 0 atom stereocenters. The molecule has 1 aliphatic heterocycles. The summed E-state index contributed by atoms with van der Waals surface area (Å²) in [5.41, 5.74) is 4.38. The van der Waals surface area contributed by atoms with E-state index < -0.39 is 10.0 Å². The predicted molar refractivity (Wildman–Crippen MR) is 128 cm³/mol. The highest BCUT2D eigenvalue weighted by Crippen LogP contribution is 2.23. The van der Waals surface area contributed by atoms with E-state index in [0.29, 0.717) is 32.5 Å². The SMILES string of the molecule is Cc1ccc(CSCCNC(=O)C2CCN(S(=O)(=O)Cc3ccccc3C)CC2)cc1. The lowest BCUT2D eigenvalue weighted by atomic mass is 9.97. The fourth-order valence-electron chi connectivity index (χ4n) is 3.72. The summed E-state index contributed by atoms with van der Waals surface area (Å²) in [5.74, 6) is 1.77. The van der Waals surface area contributed by atoms with Crippen LogP contribution >= 0.6 is 11.8 Å². The van der Waals surface area contributed by atoms with Gasteiger partial charge in [0.1, 0.15) is 0 Å². The number of thioether (sulfide) groups is 1. The van der Waals surface area contributed by atoms with Gasteiger partial charge in [0, 0.05) is 37.1 Å². The number of sulfonamides is 1. The molecule has 3 rings (SSSR count). The molecule has 168 valence electrons. The van der Waals surface area contributed by atoms with Crippen molar-refractivity contribution in [2.45, 2.75) is 38.2 Å². The lowest BCUT2D eigenvalue weighted by Gasteiger charge is -2.30. The number of benzene rings is 2. The van der Waals surface area contributed by atoms with E-state index in [1.54, 1.807) is 16.1 Å². The molecular weight excluding hydrogens is 428 g/mol. The summed E-state index contributed by atoms with van der Waals surface area (Å²) >= 11 is 1.80. The highest BCUT2D eigenvalue weighted by molar-refractivity contribution is 7.98. The van der Waals surface area contributed by atoms with Gasteiger partial charge >= 0.3 is 0 Å². The topological polar surface area (TPSA) is 66.5 Å². The van der Waals surface area contributed by atoms with Crippen molar-refractivity contribution in [3.05, 3.63) is 70.8 Å². The average molecular weight is 461 g/mol. The van der Waals surface area contributed by atoms with E-state index in [4.69, 9.17) is 0 Å². The van der Waals surface area contributed by atoms with Crippen LogP contribution in [0.1, 0.15) is 35.1 Å². The monoisotopic (exact) mass is 460 g/mol. The molecule has 31 heavy (non-hydrogen) atoms. The van der Waals surface area contributed by atoms with Gasteiger partial charge in [-0.15, -0.1) is 0 Å². The highest BCUT2D eigenvalue weighted by atomic mass is 32.2. The summed E-state index contributed by atoms with van der Waals surface area (Å²) in [6.07, 6.45) is 1.16. The normalized spacial score (nSPS) is 15.7. The number of carbonyl (C=O) groups is 1. The molecule has 2 aromatic rings. The molecule has 1 fully saturated rings. The van der Waals surface area contributed by atoms with Crippen LogP contribution in [0.3, 0.4) is 0 Å². The zero-order valence-corrected chi connectivity index (χ0v) is 20.0. The summed E-state index contributed by atoms with van der Waals surface area (Å²) in [6, 6.07) is 16.1. The van der Waals surface area contributed by atoms with Crippen molar-refractivity contribution in [2.75, 3.05) is 25.4 Å². The number of carbonyl (C=O) groups excluding carboxylic acids is 1. The van der Waals surface area contributed by atoms with Crippen LogP contribution in [0.25, 0.3) is 0 Å². The minimum atomic E-state index is -3.36. The third kappa shape index (κ3) is 7.09.